The van der Waals surface area contributed by atoms with Gasteiger partial charge in [-0.2, -0.15) is 11.3 Å². The highest BCUT2D eigenvalue weighted by molar-refractivity contribution is 7.98. The van der Waals surface area contributed by atoms with E-state index in [2.05, 4.69) is 47.3 Å². The predicted molar refractivity (Wildman–Crippen MR) is 74.8 cm³/mol. The van der Waals surface area contributed by atoms with Gasteiger partial charge in [-0.15, -0.1) is 23.4 Å². The summed E-state index contributed by atoms with van der Waals surface area (Å²) in [5, 5.41) is 4.33. The second kappa shape index (κ2) is 5.76. The molecule has 1 unspecified atom stereocenters. The third-order valence-electron chi connectivity index (χ3n) is 2.47. The molecule has 2 aromatic rings. The molecule has 0 fully saturated rings. The Morgan fingerprint density at radius 3 is 2.81 bits per heavy atom. The highest BCUT2D eigenvalue weighted by Gasteiger charge is 2.12. The summed E-state index contributed by atoms with van der Waals surface area (Å²) in [7, 11) is 0. The third kappa shape index (κ3) is 2.82. The van der Waals surface area contributed by atoms with Crippen LogP contribution in [0.5, 0.6) is 0 Å². The maximum atomic E-state index is 6.47. The smallest absolute Gasteiger partial charge is 0.0636 e. The summed E-state index contributed by atoms with van der Waals surface area (Å²) in [6, 6.07) is 10.5. The van der Waals surface area contributed by atoms with Crippen LogP contribution in [0.1, 0.15) is 16.5 Å². The monoisotopic (exact) mass is 268 g/mol. The summed E-state index contributed by atoms with van der Waals surface area (Å²) in [6.45, 7) is 0. The first-order valence-corrected chi connectivity index (χ1v) is 7.69. The fourth-order valence-electron chi connectivity index (χ4n) is 1.65. The fraction of sp³-hybridized carbons (Fsp3) is 0.231. The molecule has 0 spiro atoms. The Balaban J connectivity index is 2.17. The molecule has 0 radical (unpaired) electrons. The van der Waals surface area contributed by atoms with E-state index in [1.165, 1.54) is 16.0 Å². The van der Waals surface area contributed by atoms with Crippen molar-refractivity contribution >= 4 is 34.7 Å². The second-order valence-electron chi connectivity index (χ2n) is 3.55. The average Bonchev–Trinajstić information content (AvgIpc) is 2.81. The van der Waals surface area contributed by atoms with Crippen LogP contribution >= 0.6 is 34.7 Å². The van der Waals surface area contributed by atoms with E-state index in [9.17, 15) is 0 Å². The van der Waals surface area contributed by atoms with Crippen LogP contribution < -0.4 is 0 Å². The zero-order valence-corrected chi connectivity index (χ0v) is 11.4. The van der Waals surface area contributed by atoms with Gasteiger partial charge in [0.2, 0.25) is 0 Å². The molecule has 1 atom stereocenters. The molecule has 1 aromatic heterocycles. The van der Waals surface area contributed by atoms with Crippen molar-refractivity contribution in [2.75, 3.05) is 6.26 Å². The van der Waals surface area contributed by atoms with Crippen LogP contribution in [0.25, 0.3) is 0 Å². The molecular weight excluding hydrogens is 256 g/mol. The summed E-state index contributed by atoms with van der Waals surface area (Å²) in [5.74, 6) is 0. The molecule has 0 nitrogen and oxygen atoms in total. The van der Waals surface area contributed by atoms with Crippen molar-refractivity contribution in [3.05, 3.63) is 52.2 Å². The molecule has 84 valence electrons. The van der Waals surface area contributed by atoms with Gasteiger partial charge >= 0.3 is 0 Å². The topological polar surface area (TPSA) is 0 Å². The Kier molecular flexibility index (Phi) is 4.33. The number of benzene rings is 1. The van der Waals surface area contributed by atoms with Gasteiger partial charge in [-0.05, 0) is 46.7 Å². The Bertz CT molecular complexity index is 437. The first kappa shape index (κ1) is 12.0. The predicted octanol–water partition coefficient (Wildman–Crippen LogP) is 4.99. The molecule has 0 aliphatic carbocycles. The fourth-order valence-corrected chi connectivity index (χ4v) is 3.43. The van der Waals surface area contributed by atoms with Gasteiger partial charge in [-0.3, -0.25) is 0 Å². The van der Waals surface area contributed by atoms with Crippen molar-refractivity contribution in [1.29, 1.82) is 0 Å². The molecule has 1 heterocycles. The number of hydrogen-bond donors (Lipinski definition) is 0. The van der Waals surface area contributed by atoms with E-state index < -0.39 is 0 Å². The minimum absolute atomic E-state index is 0.0678. The van der Waals surface area contributed by atoms with Crippen LogP contribution in [0.2, 0.25) is 0 Å². The molecule has 3 heteroatoms. The standard InChI is InChI=1S/C13H13ClS2/c1-15-13-5-3-2-4-11(13)12(14)8-10-6-7-16-9-10/h2-7,9,12H,8H2,1H3. The van der Waals surface area contributed by atoms with E-state index in [4.69, 9.17) is 11.6 Å². The van der Waals surface area contributed by atoms with Gasteiger partial charge < -0.3 is 0 Å². The van der Waals surface area contributed by atoms with Crippen LogP contribution in [0, 0.1) is 0 Å². The van der Waals surface area contributed by atoms with Crippen LogP contribution in [0.15, 0.2) is 46.0 Å². The second-order valence-corrected chi connectivity index (χ2v) is 5.70. The molecule has 0 aliphatic rings. The number of alkyl halides is 1. The number of rotatable bonds is 4. The van der Waals surface area contributed by atoms with Gasteiger partial charge in [-0.25, -0.2) is 0 Å². The Hall–Kier alpha value is -0.440. The summed E-state index contributed by atoms with van der Waals surface area (Å²) < 4.78 is 0. The highest BCUT2D eigenvalue weighted by atomic mass is 35.5. The normalized spacial score (nSPS) is 12.6. The molecular formula is C13H13ClS2. The molecule has 0 aliphatic heterocycles. The largest absolute Gasteiger partial charge is 0.152 e. The molecule has 2 rings (SSSR count). The van der Waals surface area contributed by atoms with Gasteiger partial charge in [0.05, 0.1) is 5.38 Å². The van der Waals surface area contributed by atoms with Gasteiger partial charge in [-0.1, -0.05) is 18.2 Å². The van der Waals surface area contributed by atoms with Crippen LogP contribution in [0.4, 0.5) is 0 Å². The molecule has 0 saturated heterocycles. The van der Waals surface area contributed by atoms with Crippen molar-refractivity contribution in [2.24, 2.45) is 0 Å². The number of hydrogen-bond acceptors (Lipinski definition) is 2. The lowest BCUT2D eigenvalue weighted by molar-refractivity contribution is 0.901. The first-order chi connectivity index (χ1) is 7.81. The van der Waals surface area contributed by atoms with Crippen molar-refractivity contribution in [3.8, 4) is 0 Å². The van der Waals surface area contributed by atoms with Crippen molar-refractivity contribution in [2.45, 2.75) is 16.7 Å². The van der Waals surface area contributed by atoms with Gasteiger partial charge in [0.25, 0.3) is 0 Å². The zero-order valence-electron chi connectivity index (χ0n) is 9.02. The molecule has 0 saturated carbocycles. The summed E-state index contributed by atoms with van der Waals surface area (Å²) in [4.78, 5) is 1.28. The Morgan fingerprint density at radius 2 is 2.12 bits per heavy atom. The van der Waals surface area contributed by atoms with E-state index in [1.54, 1.807) is 23.1 Å². The Morgan fingerprint density at radius 1 is 1.31 bits per heavy atom. The summed E-state index contributed by atoms with van der Waals surface area (Å²) in [5.41, 5.74) is 2.56. The van der Waals surface area contributed by atoms with E-state index in [0.717, 1.165) is 6.42 Å². The van der Waals surface area contributed by atoms with Crippen LogP contribution in [-0.4, -0.2) is 6.26 Å². The lowest BCUT2D eigenvalue weighted by atomic mass is 10.1. The van der Waals surface area contributed by atoms with E-state index in [-0.39, 0.29) is 5.38 Å². The van der Waals surface area contributed by atoms with Crippen molar-refractivity contribution in [1.82, 2.24) is 0 Å². The first-order valence-electron chi connectivity index (χ1n) is 5.09. The molecule has 0 bridgehead atoms. The minimum atomic E-state index is 0.0678. The molecule has 16 heavy (non-hydrogen) atoms. The Labute approximate surface area is 110 Å². The van der Waals surface area contributed by atoms with Gasteiger partial charge in [0.1, 0.15) is 0 Å². The third-order valence-corrected chi connectivity index (χ3v) is 4.40. The minimum Gasteiger partial charge on any atom is -0.152 e. The van der Waals surface area contributed by atoms with Crippen molar-refractivity contribution < 1.29 is 0 Å². The quantitative estimate of drug-likeness (QED) is 0.556. The van der Waals surface area contributed by atoms with Crippen molar-refractivity contribution in [3.63, 3.8) is 0 Å². The lowest BCUT2D eigenvalue weighted by Crippen LogP contribution is -1.96. The van der Waals surface area contributed by atoms with Gasteiger partial charge in [0, 0.05) is 4.90 Å². The molecule has 1 aromatic carbocycles. The van der Waals surface area contributed by atoms with Crippen LogP contribution in [0.3, 0.4) is 0 Å². The zero-order chi connectivity index (χ0) is 11.4. The maximum Gasteiger partial charge on any atom is 0.0636 e. The SMILES string of the molecule is CSc1ccccc1C(Cl)Cc1ccsc1. The summed E-state index contributed by atoms with van der Waals surface area (Å²) in [6.07, 6.45) is 3.00. The van der Waals surface area contributed by atoms with Gasteiger partial charge in [0.15, 0.2) is 0 Å². The summed E-state index contributed by atoms with van der Waals surface area (Å²) >= 11 is 9.95. The highest BCUT2D eigenvalue weighted by Crippen LogP contribution is 2.32. The molecule has 0 N–H and O–H groups in total. The average molecular weight is 269 g/mol. The number of thioether (sulfide) groups is 1. The number of thiophene rings is 1. The van der Waals surface area contributed by atoms with E-state index in [1.807, 2.05) is 0 Å². The maximum absolute atomic E-state index is 6.47. The van der Waals surface area contributed by atoms with E-state index >= 15 is 0 Å². The lowest BCUT2D eigenvalue weighted by Gasteiger charge is -2.12. The van der Waals surface area contributed by atoms with Crippen LogP contribution in [-0.2, 0) is 6.42 Å². The van der Waals surface area contributed by atoms with E-state index in [0.29, 0.717) is 0 Å². The molecule has 0 amide bonds. The number of halogens is 1.